The summed E-state index contributed by atoms with van der Waals surface area (Å²) in [7, 11) is 0. The molecule has 1 heterocycles. The van der Waals surface area contributed by atoms with Crippen molar-refractivity contribution in [2.75, 3.05) is 13.1 Å². The van der Waals surface area contributed by atoms with Crippen LogP contribution in [0, 0.1) is 5.92 Å². The van der Waals surface area contributed by atoms with E-state index in [1.807, 2.05) is 18.5 Å². The summed E-state index contributed by atoms with van der Waals surface area (Å²) in [5.41, 5.74) is 5.76. The van der Waals surface area contributed by atoms with Crippen molar-refractivity contribution < 1.29 is 0 Å². The van der Waals surface area contributed by atoms with E-state index in [0.717, 1.165) is 19.5 Å². The van der Waals surface area contributed by atoms with E-state index in [0.29, 0.717) is 5.92 Å². The highest BCUT2D eigenvalue weighted by molar-refractivity contribution is 7.09. The van der Waals surface area contributed by atoms with E-state index in [4.69, 9.17) is 5.73 Å². The zero-order chi connectivity index (χ0) is 10.4. The van der Waals surface area contributed by atoms with E-state index in [-0.39, 0.29) is 6.04 Å². The van der Waals surface area contributed by atoms with Crippen molar-refractivity contribution in [3.05, 3.63) is 16.6 Å². The van der Waals surface area contributed by atoms with Gasteiger partial charge in [0.25, 0.3) is 0 Å². The molecule has 0 saturated carbocycles. The molecule has 0 fully saturated rings. The van der Waals surface area contributed by atoms with Gasteiger partial charge >= 0.3 is 0 Å². The Labute approximate surface area is 89.7 Å². The van der Waals surface area contributed by atoms with Gasteiger partial charge in [-0.05, 0) is 19.4 Å². The van der Waals surface area contributed by atoms with Crippen molar-refractivity contribution in [3.63, 3.8) is 0 Å². The van der Waals surface area contributed by atoms with Gasteiger partial charge in [0.15, 0.2) is 0 Å². The van der Waals surface area contributed by atoms with Gasteiger partial charge in [-0.3, -0.25) is 0 Å². The maximum absolute atomic E-state index is 5.76. The van der Waals surface area contributed by atoms with Gasteiger partial charge in [-0.25, -0.2) is 4.98 Å². The summed E-state index contributed by atoms with van der Waals surface area (Å²) < 4.78 is 0. The fraction of sp³-hybridized carbons (Fsp3) is 0.700. The molecular formula is C10H19N3S. The van der Waals surface area contributed by atoms with Gasteiger partial charge in [0.05, 0.1) is 5.01 Å². The lowest BCUT2D eigenvalue weighted by atomic mass is 10.1. The molecule has 1 aromatic rings. The summed E-state index contributed by atoms with van der Waals surface area (Å²) in [5, 5.41) is 6.61. The summed E-state index contributed by atoms with van der Waals surface area (Å²) in [6.45, 7) is 6.20. The minimum atomic E-state index is 0.266. The van der Waals surface area contributed by atoms with Crippen LogP contribution in [0.2, 0.25) is 0 Å². The summed E-state index contributed by atoms with van der Waals surface area (Å²) in [6, 6.07) is 0.266. The molecule has 0 radical (unpaired) electrons. The van der Waals surface area contributed by atoms with Crippen molar-refractivity contribution in [3.8, 4) is 0 Å². The minimum Gasteiger partial charge on any atom is -0.328 e. The first-order valence-electron chi connectivity index (χ1n) is 5.05. The predicted octanol–water partition coefficient (Wildman–Crippen LogP) is 1.26. The number of thiazole rings is 1. The van der Waals surface area contributed by atoms with Crippen LogP contribution in [0.25, 0.3) is 0 Å². The number of rotatable bonds is 6. The van der Waals surface area contributed by atoms with E-state index in [2.05, 4.69) is 17.2 Å². The highest BCUT2D eigenvalue weighted by Gasteiger charge is 2.05. The molecule has 1 rings (SSSR count). The van der Waals surface area contributed by atoms with Gasteiger partial charge in [-0.15, -0.1) is 11.3 Å². The third kappa shape index (κ3) is 4.17. The lowest BCUT2D eigenvalue weighted by Crippen LogP contribution is -2.33. The second kappa shape index (κ2) is 6.11. The maximum atomic E-state index is 5.76. The lowest BCUT2D eigenvalue weighted by Gasteiger charge is -2.15. The minimum absolute atomic E-state index is 0.266. The molecule has 14 heavy (non-hydrogen) atoms. The van der Waals surface area contributed by atoms with Crippen LogP contribution < -0.4 is 11.1 Å². The topological polar surface area (TPSA) is 50.9 Å². The Morgan fingerprint density at radius 1 is 1.57 bits per heavy atom. The van der Waals surface area contributed by atoms with Crippen molar-refractivity contribution >= 4 is 11.3 Å². The van der Waals surface area contributed by atoms with Gasteiger partial charge in [0.1, 0.15) is 0 Å². The molecule has 0 bridgehead atoms. The van der Waals surface area contributed by atoms with Crippen LogP contribution in [0.5, 0.6) is 0 Å². The third-order valence-corrected chi connectivity index (χ3v) is 3.20. The molecule has 0 amide bonds. The number of nitrogens with one attached hydrogen (secondary N) is 1. The Morgan fingerprint density at radius 2 is 2.36 bits per heavy atom. The molecule has 1 aromatic heterocycles. The van der Waals surface area contributed by atoms with Gasteiger partial charge in [-0.1, -0.05) is 6.92 Å². The van der Waals surface area contributed by atoms with Crippen LogP contribution in [-0.4, -0.2) is 24.1 Å². The molecular weight excluding hydrogens is 194 g/mol. The van der Waals surface area contributed by atoms with Crippen molar-refractivity contribution in [2.24, 2.45) is 11.7 Å². The van der Waals surface area contributed by atoms with Gasteiger partial charge in [0, 0.05) is 30.6 Å². The van der Waals surface area contributed by atoms with Gasteiger partial charge in [-0.2, -0.15) is 0 Å². The summed E-state index contributed by atoms with van der Waals surface area (Å²) in [6.07, 6.45) is 2.87. The third-order valence-electron chi connectivity index (χ3n) is 2.36. The number of hydrogen-bond donors (Lipinski definition) is 2. The van der Waals surface area contributed by atoms with Crippen molar-refractivity contribution in [2.45, 2.75) is 26.3 Å². The van der Waals surface area contributed by atoms with Gasteiger partial charge < -0.3 is 11.1 Å². The zero-order valence-corrected chi connectivity index (χ0v) is 9.68. The Balaban J connectivity index is 2.05. The zero-order valence-electron chi connectivity index (χ0n) is 8.86. The van der Waals surface area contributed by atoms with E-state index in [1.165, 1.54) is 5.01 Å². The number of nitrogens with zero attached hydrogens (tertiary/aromatic N) is 1. The maximum Gasteiger partial charge on any atom is 0.0937 e. The van der Waals surface area contributed by atoms with E-state index >= 15 is 0 Å². The second-order valence-electron chi connectivity index (χ2n) is 3.72. The average molecular weight is 213 g/mol. The summed E-state index contributed by atoms with van der Waals surface area (Å²) in [4.78, 5) is 4.22. The van der Waals surface area contributed by atoms with Gasteiger partial charge in [0.2, 0.25) is 0 Å². The first-order chi connectivity index (χ1) is 6.70. The lowest BCUT2D eigenvalue weighted by molar-refractivity contribution is 0.447. The molecule has 3 N–H and O–H groups in total. The van der Waals surface area contributed by atoms with Crippen molar-refractivity contribution in [1.82, 2.24) is 10.3 Å². The van der Waals surface area contributed by atoms with Crippen molar-refractivity contribution in [1.29, 1.82) is 0 Å². The fourth-order valence-corrected chi connectivity index (χ4v) is 1.71. The summed E-state index contributed by atoms with van der Waals surface area (Å²) >= 11 is 1.71. The smallest absolute Gasteiger partial charge is 0.0937 e. The number of hydrogen-bond acceptors (Lipinski definition) is 4. The van der Waals surface area contributed by atoms with Crippen LogP contribution >= 0.6 is 11.3 Å². The predicted molar refractivity (Wildman–Crippen MR) is 61.5 cm³/mol. The SMILES string of the molecule is CC(N)C(C)CNCCc1nccs1. The molecule has 2 atom stereocenters. The molecule has 4 heteroatoms. The highest BCUT2D eigenvalue weighted by atomic mass is 32.1. The molecule has 0 aliphatic carbocycles. The molecule has 80 valence electrons. The number of aromatic nitrogens is 1. The first kappa shape index (κ1) is 11.6. The molecule has 0 aromatic carbocycles. The Hall–Kier alpha value is -0.450. The monoisotopic (exact) mass is 213 g/mol. The Morgan fingerprint density at radius 3 is 2.93 bits per heavy atom. The molecule has 3 nitrogen and oxygen atoms in total. The summed E-state index contributed by atoms with van der Waals surface area (Å²) in [5.74, 6) is 0.534. The van der Waals surface area contributed by atoms with E-state index in [9.17, 15) is 0 Å². The second-order valence-corrected chi connectivity index (χ2v) is 4.70. The normalized spacial score (nSPS) is 15.4. The van der Waals surface area contributed by atoms with Crippen LogP contribution in [0.15, 0.2) is 11.6 Å². The molecule has 0 aliphatic rings. The van der Waals surface area contributed by atoms with E-state index < -0.39 is 0 Å². The van der Waals surface area contributed by atoms with Crippen LogP contribution in [-0.2, 0) is 6.42 Å². The standard InChI is InChI=1S/C10H19N3S/c1-8(9(2)11)7-12-4-3-10-13-5-6-14-10/h5-6,8-9,12H,3-4,7,11H2,1-2H3. The molecule has 2 unspecified atom stereocenters. The number of nitrogens with two attached hydrogens (primary N) is 1. The Bertz CT molecular complexity index is 234. The largest absolute Gasteiger partial charge is 0.328 e. The van der Waals surface area contributed by atoms with Crippen LogP contribution in [0.3, 0.4) is 0 Å². The highest BCUT2D eigenvalue weighted by Crippen LogP contribution is 2.03. The van der Waals surface area contributed by atoms with Crippen LogP contribution in [0.4, 0.5) is 0 Å². The molecule has 0 spiro atoms. The fourth-order valence-electron chi connectivity index (χ4n) is 1.09. The van der Waals surface area contributed by atoms with E-state index in [1.54, 1.807) is 11.3 Å². The van der Waals surface area contributed by atoms with Crippen LogP contribution in [0.1, 0.15) is 18.9 Å². The average Bonchev–Trinajstić information content (AvgIpc) is 2.64. The molecule has 0 aliphatic heterocycles. The quantitative estimate of drug-likeness (QED) is 0.699. The molecule has 0 saturated heterocycles. The Kier molecular flexibility index (Phi) is 5.07. The first-order valence-corrected chi connectivity index (χ1v) is 5.92.